The maximum atomic E-state index is 6.05. The van der Waals surface area contributed by atoms with Crippen molar-refractivity contribution in [3.05, 3.63) is 21.3 Å². The molecule has 2 nitrogen and oxygen atoms in total. The predicted molar refractivity (Wildman–Crippen MR) is 78.1 cm³/mol. The fourth-order valence-electron chi connectivity index (χ4n) is 2.54. The number of hydrogen-bond donors (Lipinski definition) is 1. The first-order valence-corrected chi connectivity index (χ1v) is 8.20. The monoisotopic (exact) mass is 284 g/mol. The minimum absolute atomic E-state index is 0.378. The summed E-state index contributed by atoms with van der Waals surface area (Å²) in [7, 11) is 0. The first-order chi connectivity index (χ1) is 8.76. The van der Waals surface area contributed by atoms with Gasteiger partial charge in [-0.3, -0.25) is 4.90 Å². The summed E-state index contributed by atoms with van der Waals surface area (Å²) in [5.41, 5.74) is 6.03. The zero-order valence-corrected chi connectivity index (χ0v) is 12.2. The van der Waals surface area contributed by atoms with Gasteiger partial charge in [0.2, 0.25) is 0 Å². The molecule has 2 aliphatic carbocycles. The summed E-state index contributed by atoms with van der Waals surface area (Å²) in [6.07, 6.45) is 5.63. The lowest BCUT2D eigenvalue weighted by atomic mass is 10.1. The SMILES string of the molecule is NCC(c1cc(Cl)cs1)N(CC1CC1)CC1CC1. The second-order valence-electron chi connectivity index (χ2n) is 5.76. The van der Waals surface area contributed by atoms with Crippen molar-refractivity contribution in [3.63, 3.8) is 0 Å². The van der Waals surface area contributed by atoms with Gasteiger partial charge in [-0.2, -0.15) is 0 Å². The van der Waals surface area contributed by atoms with Gasteiger partial charge in [0.15, 0.2) is 0 Å². The van der Waals surface area contributed by atoms with Gasteiger partial charge >= 0.3 is 0 Å². The fourth-order valence-corrected chi connectivity index (χ4v) is 3.77. The number of rotatable bonds is 7. The van der Waals surface area contributed by atoms with Crippen LogP contribution in [0.2, 0.25) is 5.02 Å². The average molecular weight is 285 g/mol. The van der Waals surface area contributed by atoms with Crippen LogP contribution in [0, 0.1) is 11.8 Å². The average Bonchev–Trinajstić information content (AvgIpc) is 3.25. The van der Waals surface area contributed by atoms with Crippen LogP contribution in [0.1, 0.15) is 36.6 Å². The van der Waals surface area contributed by atoms with Crippen LogP contribution in [0.3, 0.4) is 0 Å². The van der Waals surface area contributed by atoms with Crippen molar-refractivity contribution >= 4 is 22.9 Å². The van der Waals surface area contributed by atoms with Gasteiger partial charge in [0.25, 0.3) is 0 Å². The summed E-state index contributed by atoms with van der Waals surface area (Å²) in [4.78, 5) is 3.96. The summed E-state index contributed by atoms with van der Waals surface area (Å²) in [6, 6.07) is 2.47. The molecule has 0 aliphatic heterocycles. The molecule has 1 unspecified atom stereocenters. The normalized spacial score (nSPS) is 21.5. The highest BCUT2D eigenvalue weighted by molar-refractivity contribution is 7.10. The molecule has 0 bridgehead atoms. The Labute approximate surface area is 118 Å². The van der Waals surface area contributed by atoms with Gasteiger partial charge in [-0.25, -0.2) is 0 Å². The smallest absolute Gasteiger partial charge is 0.0565 e. The van der Waals surface area contributed by atoms with E-state index >= 15 is 0 Å². The third-order valence-corrected chi connectivity index (χ3v) is 5.34. The van der Waals surface area contributed by atoms with Crippen molar-refractivity contribution in [2.24, 2.45) is 17.6 Å². The van der Waals surface area contributed by atoms with Gasteiger partial charge in [0.1, 0.15) is 0 Å². The summed E-state index contributed by atoms with van der Waals surface area (Å²) in [6.45, 7) is 3.16. The highest BCUT2D eigenvalue weighted by atomic mass is 35.5. The Morgan fingerprint density at radius 3 is 2.28 bits per heavy atom. The highest BCUT2D eigenvalue weighted by Gasteiger charge is 2.33. The first-order valence-electron chi connectivity index (χ1n) is 6.94. The Balaban J connectivity index is 1.71. The van der Waals surface area contributed by atoms with Crippen LogP contribution in [-0.2, 0) is 0 Å². The third-order valence-electron chi connectivity index (χ3n) is 3.96. The maximum absolute atomic E-state index is 6.05. The second-order valence-corrected chi connectivity index (χ2v) is 7.14. The Bertz CT molecular complexity index is 384. The Morgan fingerprint density at radius 1 is 1.28 bits per heavy atom. The largest absolute Gasteiger partial charge is 0.329 e. The summed E-state index contributed by atoms with van der Waals surface area (Å²) in [5, 5.41) is 2.87. The lowest BCUT2D eigenvalue weighted by molar-refractivity contribution is 0.187. The number of nitrogens with two attached hydrogens (primary N) is 1. The van der Waals surface area contributed by atoms with E-state index in [9.17, 15) is 0 Å². The molecule has 2 N–H and O–H groups in total. The van der Waals surface area contributed by atoms with E-state index in [0.29, 0.717) is 12.6 Å². The van der Waals surface area contributed by atoms with E-state index in [1.165, 1.54) is 43.6 Å². The minimum atomic E-state index is 0.378. The maximum Gasteiger partial charge on any atom is 0.0565 e. The molecule has 1 heterocycles. The number of halogens is 1. The van der Waals surface area contributed by atoms with Crippen LogP contribution in [0.4, 0.5) is 0 Å². The lowest BCUT2D eigenvalue weighted by Gasteiger charge is -2.30. The zero-order chi connectivity index (χ0) is 12.5. The molecule has 1 aromatic heterocycles. The van der Waals surface area contributed by atoms with Crippen LogP contribution >= 0.6 is 22.9 Å². The van der Waals surface area contributed by atoms with Gasteiger partial charge in [-0.15, -0.1) is 11.3 Å². The van der Waals surface area contributed by atoms with Crippen LogP contribution in [0.5, 0.6) is 0 Å². The standard InChI is InChI=1S/C14H21ClN2S/c15-12-5-14(18-9-12)13(6-16)17(7-10-1-2-10)8-11-3-4-11/h5,9-11,13H,1-4,6-8,16H2. The van der Waals surface area contributed by atoms with Crippen LogP contribution in [-0.4, -0.2) is 24.5 Å². The molecule has 1 atom stereocenters. The summed E-state index contributed by atoms with van der Waals surface area (Å²) >= 11 is 7.81. The number of nitrogens with zero attached hydrogens (tertiary/aromatic N) is 1. The molecule has 2 saturated carbocycles. The Kier molecular flexibility index (Phi) is 3.94. The van der Waals surface area contributed by atoms with Crippen molar-refractivity contribution < 1.29 is 0 Å². The molecule has 0 spiro atoms. The quantitative estimate of drug-likeness (QED) is 0.830. The van der Waals surface area contributed by atoms with Crippen molar-refractivity contribution in [3.8, 4) is 0 Å². The van der Waals surface area contributed by atoms with Crippen LogP contribution in [0.25, 0.3) is 0 Å². The summed E-state index contributed by atoms with van der Waals surface area (Å²) < 4.78 is 0. The van der Waals surface area contributed by atoms with Gasteiger partial charge in [0.05, 0.1) is 11.1 Å². The molecule has 100 valence electrons. The van der Waals surface area contributed by atoms with E-state index in [2.05, 4.69) is 11.0 Å². The van der Waals surface area contributed by atoms with Gasteiger partial charge in [0, 0.05) is 29.9 Å². The van der Waals surface area contributed by atoms with E-state index in [4.69, 9.17) is 17.3 Å². The molecule has 0 aromatic carbocycles. The van der Waals surface area contributed by atoms with Crippen LogP contribution < -0.4 is 5.73 Å². The molecule has 1 aromatic rings. The van der Waals surface area contributed by atoms with Crippen molar-refractivity contribution in [1.82, 2.24) is 4.90 Å². The van der Waals surface area contributed by atoms with Gasteiger partial charge < -0.3 is 5.73 Å². The molecule has 3 rings (SSSR count). The van der Waals surface area contributed by atoms with Gasteiger partial charge in [-0.1, -0.05) is 11.6 Å². The molecule has 18 heavy (non-hydrogen) atoms. The molecule has 4 heteroatoms. The topological polar surface area (TPSA) is 29.3 Å². The minimum Gasteiger partial charge on any atom is -0.329 e. The number of hydrogen-bond acceptors (Lipinski definition) is 3. The predicted octanol–water partition coefficient (Wildman–Crippen LogP) is 3.52. The molecule has 0 saturated heterocycles. The zero-order valence-electron chi connectivity index (χ0n) is 10.6. The van der Waals surface area contributed by atoms with Crippen molar-refractivity contribution in [1.29, 1.82) is 0 Å². The fraction of sp³-hybridized carbons (Fsp3) is 0.714. The molecule has 2 fully saturated rings. The molecular weight excluding hydrogens is 264 g/mol. The third kappa shape index (κ3) is 3.27. The van der Waals surface area contributed by atoms with Crippen molar-refractivity contribution in [2.75, 3.05) is 19.6 Å². The van der Waals surface area contributed by atoms with E-state index in [-0.39, 0.29) is 0 Å². The van der Waals surface area contributed by atoms with E-state index in [1.54, 1.807) is 11.3 Å². The molecule has 0 radical (unpaired) electrons. The first kappa shape index (κ1) is 12.9. The number of thiophene rings is 1. The molecule has 0 amide bonds. The second kappa shape index (κ2) is 5.49. The van der Waals surface area contributed by atoms with Crippen molar-refractivity contribution in [2.45, 2.75) is 31.7 Å². The van der Waals surface area contributed by atoms with E-state index in [1.807, 2.05) is 5.38 Å². The van der Waals surface area contributed by atoms with E-state index in [0.717, 1.165) is 16.9 Å². The molecular formula is C14H21ClN2S. The van der Waals surface area contributed by atoms with Gasteiger partial charge in [-0.05, 0) is 43.6 Å². The Morgan fingerprint density at radius 2 is 1.89 bits per heavy atom. The Hall–Kier alpha value is -0.0900. The summed E-state index contributed by atoms with van der Waals surface area (Å²) in [5.74, 6) is 1.85. The van der Waals surface area contributed by atoms with E-state index < -0.39 is 0 Å². The van der Waals surface area contributed by atoms with Crippen LogP contribution in [0.15, 0.2) is 11.4 Å². The molecule has 2 aliphatic rings. The lowest BCUT2D eigenvalue weighted by Crippen LogP contribution is -2.36. The highest BCUT2D eigenvalue weighted by Crippen LogP contribution is 2.38.